The summed E-state index contributed by atoms with van der Waals surface area (Å²) in [6.07, 6.45) is 5.85. The van der Waals surface area contributed by atoms with E-state index < -0.39 is 0 Å². The van der Waals surface area contributed by atoms with Crippen molar-refractivity contribution < 1.29 is 4.79 Å². The van der Waals surface area contributed by atoms with Gasteiger partial charge in [-0.1, -0.05) is 30.3 Å². The fourth-order valence-corrected chi connectivity index (χ4v) is 4.00. The van der Waals surface area contributed by atoms with E-state index in [-0.39, 0.29) is 23.1 Å². The van der Waals surface area contributed by atoms with Gasteiger partial charge in [0.25, 0.3) is 11.5 Å². The quantitative estimate of drug-likeness (QED) is 0.737. The summed E-state index contributed by atoms with van der Waals surface area (Å²) in [5.74, 6) is -0.202. The Bertz CT molecular complexity index is 932. The second-order valence-corrected chi connectivity index (χ2v) is 6.89. The van der Waals surface area contributed by atoms with Gasteiger partial charge in [-0.15, -0.1) is 11.3 Å². The molecule has 1 fully saturated rings. The number of likely N-dealkylation sites (tertiary alicyclic amines) is 1. The van der Waals surface area contributed by atoms with Crippen molar-refractivity contribution in [1.82, 2.24) is 14.3 Å². The summed E-state index contributed by atoms with van der Waals surface area (Å²) in [7, 11) is 0. The van der Waals surface area contributed by atoms with Crippen molar-refractivity contribution in [1.29, 1.82) is 0 Å². The second kappa shape index (κ2) is 6.20. The molecule has 1 amide bonds. The molecule has 1 saturated heterocycles. The Morgan fingerprint density at radius 1 is 1.29 bits per heavy atom. The molecule has 6 heteroatoms. The zero-order valence-corrected chi connectivity index (χ0v) is 13.9. The Kier molecular flexibility index (Phi) is 3.90. The molecule has 0 spiro atoms. The fraction of sp³-hybridized carbons (Fsp3) is 0.278. The van der Waals surface area contributed by atoms with Crippen molar-refractivity contribution >= 4 is 22.2 Å². The number of rotatable bonds is 3. The number of amides is 1. The van der Waals surface area contributed by atoms with Crippen LogP contribution in [0, 0.1) is 0 Å². The van der Waals surface area contributed by atoms with Crippen molar-refractivity contribution in [3.8, 4) is 0 Å². The van der Waals surface area contributed by atoms with Crippen LogP contribution >= 0.6 is 11.3 Å². The van der Waals surface area contributed by atoms with Gasteiger partial charge in [-0.25, -0.2) is 4.98 Å². The van der Waals surface area contributed by atoms with E-state index in [1.54, 1.807) is 11.6 Å². The number of nitrogens with zero attached hydrogens (tertiary/aromatic N) is 3. The SMILES string of the molecule is O=C(c1cnc2sccn2c1=O)N1CCCC1Cc1ccccc1. The molecule has 3 heterocycles. The zero-order valence-electron chi connectivity index (χ0n) is 13.1. The van der Waals surface area contributed by atoms with Gasteiger partial charge in [0.1, 0.15) is 5.56 Å². The molecule has 1 unspecified atom stereocenters. The third-order valence-electron chi connectivity index (χ3n) is 4.53. The van der Waals surface area contributed by atoms with Crippen LogP contribution in [0.15, 0.2) is 52.9 Å². The molecule has 122 valence electrons. The molecule has 0 radical (unpaired) electrons. The minimum absolute atomic E-state index is 0.141. The molecule has 1 atom stereocenters. The van der Waals surface area contributed by atoms with Gasteiger partial charge < -0.3 is 4.90 Å². The highest BCUT2D eigenvalue weighted by atomic mass is 32.1. The summed E-state index contributed by atoms with van der Waals surface area (Å²) in [6.45, 7) is 0.697. The van der Waals surface area contributed by atoms with E-state index in [4.69, 9.17) is 0 Å². The molecular weight excluding hydrogens is 322 g/mol. The minimum atomic E-state index is -0.281. The molecule has 0 bridgehead atoms. The van der Waals surface area contributed by atoms with Crippen LogP contribution in [0.5, 0.6) is 0 Å². The lowest BCUT2D eigenvalue weighted by molar-refractivity contribution is 0.0734. The van der Waals surface area contributed by atoms with Crippen LogP contribution in [0.25, 0.3) is 4.96 Å². The highest BCUT2D eigenvalue weighted by molar-refractivity contribution is 7.15. The van der Waals surface area contributed by atoms with Gasteiger partial charge in [-0.05, 0) is 24.8 Å². The highest BCUT2D eigenvalue weighted by Gasteiger charge is 2.31. The molecule has 4 rings (SSSR count). The Labute approximate surface area is 143 Å². The van der Waals surface area contributed by atoms with Gasteiger partial charge in [0.2, 0.25) is 0 Å². The van der Waals surface area contributed by atoms with Crippen molar-refractivity contribution in [2.45, 2.75) is 25.3 Å². The van der Waals surface area contributed by atoms with Crippen LogP contribution in [0.1, 0.15) is 28.8 Å². The Balaban J connectivity index is 1.62. The highest BCUT2D eigenvalue weighted by Crippen LogP contribution is 2.22. The largest absolute Gasteiger partial charge is 0.335 e. The number of thiazole rings is 1. The molecule has 0 aliphatic carbocycles. The van der Waals surface area contributed by atoms with Crippen LogP contribution in [0.4, 0.5) is 0 Å². The normalized spacial score (nSPS) is 17.5. The van der Waals surface area contributed by atoms with Crippen molar-refractivity contribution in [2.75, 3.05) is 6.54 Å². The molecular formula is C18H17N3O2S. The van der Waals surface area contributed by atoms with E-state index >= 15 is 0 Å². The van der Waals surface area contributed by atoms with Gasteiger partial charge >= 0.3 is 0 Å². The Morgan fingerprint density at radius 3 is 2.96 bits per heavy atom. The molecule has 24 heavy (non-hydrogen) atoms. The first-order valence-corrected chi connectivity index (χ1v) is 8.92. The van der Waals surface area contributed by atoms with E-state index in [1.807, 2.05) is 23.1 Å². The van der Waals surface area contributed by atoms with Crippen molar-refractivity contribution in [2.24, 2.45) is 0 Å². The van der Waals surface area contributed by atoms with Gasteiger partial charge in [0, 0.05) is 30.4 Å². The van der Waals surface area contributed by atoms with Gasteiger partial charge in [-0.2, -0.15) is 0 Å². The average Bonchev–Trinajstić information content (AvgIpc) is 3.25. The standard InChI is InChI=1S/C18H17N3O2S/c22-16(15-12-19-18-21(17(15)23)9-10-24-18)20-8-4-7-14(20)11-13-5-2-1-3-6-13/h1-3,5-6,9-10,12,14H,4,7-8,11H2. The summed E-state index contributed by atoms with van der Waals surface area (Å²) in [4.78, 5) is 32.1. The topological polar surface area (TPSA) is 54.7 Å². The molecule has 5 nitrogen and oxygen atoms in total. The first kappa shape index (κ1) is 15.1. The minimum Gasteiger partial charge on any atom is -0.335 e. The van der Waals surface area contributed by atoms with E-state index in [2.05, 4.69) is 17.1 Å². The third-order valence-corrected chi connectivity index (χ3v) is 5.30. The predicted octanol–water partition coefficient (Wildman–Crippen LogP) is 2.60. The maximum Gasteiger partial charge on any atom is 0.271 e. The smallest absolute Gasteiger partial charge is 0.271 e. The van der Waals surface area contributed by atoms with Crippen LogP contribution in [0.3, 0.4) is 0 Å². The third kappa shape index (κ3) is 2.63. The monoisotopic (exact) mass is 339 g/mol. The van der Waals surface area contributed by atoms with E-state index in [0.717, 1.165) is 19.3 Å². The number of hydrogen-bond acceptors (Lipinski definition) is 4. The first-order valence-electron chi connectivity index (χ1n) is 8.04. The molecule has 1 aromatic carbocycles. The first-order chi connectivity index (χ1) is 11.7. The lowest BCUT2D eigenvalue weighted by Crippen LogP contribution is -2.39. The maximum absolute atomic E-state index is 12.9. The van der Waals surface area contributed by atoms with Crippen molar-refractivity contribution in [3.05, 3.63) is 69.6 Å². The maximum atomic E-state index is 12.9. The molecule has 3 aromatic rings. The van der Waals surface area contributed by atoms with Crippen molar-refractivity contribution in [3.63, 3.8) is 0 Å². The fourth-order valence-electron chi connectivity index (χ4n) is 3.33. The van der Waals surface area contributed by atoms with E-state index in [0.29, 0.717) is 11.5 Å². The number of hydrogen-bond donors (Lipinski definition) is 0. The summed E-state index contributed by atoms with van der Waals surface area (Å²) in [5.41, 5.74) is 1.09. The molecule has 0 saturated carbocycles. The Morgan fingerprint density at radius 2 is 2.12 bits per heavy atom. The zero-order chi connectivity index (χ0) is 16.5. The van der Waals surface area contributed by atoms with Gasteiger partial charge in [0.05, 0.1) is 0 Å². The predicted molar refractivity (Wildman–Crippen MR) is 93.5 cm³/mol. The van der Waals surface area contributed by atoms with Crippen LogP contribution in [-0.2, 0) is 6.42 Å². The second-order valence-electron chi connectivity index (χ2n) is 6.02. The van der Waals surface area contributed by atoms with Crippen LogP contribution in [-0.4, -0.2) is 32.8 Å². The summed E-state index contributed by atoms with van der Waals surface area (Å²) in [6, 6.07) is 10.3. The lowest BCUT2D eigenvalue weighted by atomic mass is 10.0. The number of fused-ring (bicyclic) bond motifs is 1. The molecule has 1 aliphatic heterocycles. The number of benzene rings is 1. The molecule has 0 N–H and O–H groups in total. The Hall–Kier alpha value is -2.47. The number of carbonyl (C=O) groups is 1. The summed E-state index contributed by atoms with van der Waals surface area (Å²) in [5, 5.41) is 1.80. The molecule has 2 aromatic heterocycles. The van der Waals surface area contributed by atoms with E-state index in [9.17, 15) is 9.59 Å². The summed E-state index contributed by atoms with van der Waals surface area (Å²) < 4.78 is 1.44. The average molecular weight is 339 g/mol. The number of aromatic nitrogens is 2. The number of carbonyl (C=O) groups excluding carboxylic acids is 1. The van der Waals surface area contributed by atoms with E-state index in [1.165, 1.54) is 27.5 Å². The van der Waals surface area contributed by atoms with Gasteiger partial charge in [-0.3, -0.25) is 14.0 Å². The lowest BCUT2D eigenvalue weighted by Gasteiger charge is -2.24. The van der Waals surface area contributed by atoms with Gasteiger partial charge in [0.15, 0.2) is 4.96 Å². The van der Waals surface area contributed by atoms with Crippen LogP contribution in [0.2, 0.25) is 0 Å². The summed E-state index contributed by atoms with van der Waals surface area (Å²) >= 11 is 1.38. The van der Waals surface area contributed by atoms with Crippen LogP contribution < -0.4 is 5.56 Å². The molecule has 1 aliphatic rings.